The molecule has 0 aliphatic heterocycles. The first-order chi connectivity index (χ1) is 5.55. The predicted molar refractivity (Wildman–Crippen MR) is 48.6 cm³/mol. The van der Waals surface area contributed by atoms with Gasteiger partial charge in [-0.25, -0.2) is 0 Å². The van der Waals surface area contributed by atoms with E-state index >= 15 is 0 Å². The molecule has 1 fully saturated rings. The van der Waals surface area contributed by atoms with Crippen molar-refractivity contribution in [3.05, 3.63) is 0 Å². The molecular weight excluding hydrogens is 152 g/mol. The normalized spacial score (nSPS) is 17.6. The molecule has 0 spiro atoms. The lowest BCUT2D eigenvalue weighted by atomic mass is 10.0. The van der Waals surface area contributed by atoms with Crippen molar-refractivity contribution in [1.82, 2.24) is 5.32 Å². The third-order valence-electron chi connectivity index (χ3n) is 2.18. The van der Waals surface area contributed by atoms with Gasteiger partial charge in [0.15, 0.2) is 0 Å². The van der Waals surface area contributed by atoms with Gasteiger partial charge in [0.05, 0.1) is 0 Å². The van der Waals surface area contributed by atoms with Crippen LogP contribution in [0.15, 0.2) is 0 Å². The summed E-state index contributed by atoms with van der Waals surface area (Å²) in [6, 6.07) is 0. The molecule has 1 rings (SSSR count). The van der Waals surface area contributed by atoms with Gasteiger partial charge in [0.2, 0.25) is 5.91 Å². The summed E-state index contributed by atoms with van der Waals surface area (Å²) in [5.74, 6) is 0.496. The van der Waals surface area contributed by atoms with E-state index in [9.17, 15) is 4.79 Å². The number of nitrogens with one attached hydrogen (secondary N) is 1. The van der Waals surface area contributed by atoms with E-state index in [1.165, 1.54) is 0 Å². The molecule has 1 aliphatic carbocycles. The van der Waals surface area contributed by atoms with Crippen molar-refractivity contribution in [2.75, 3.05) is 6.54 Å². The average molecular weight is 170 g/mol. The van der Waals surface area contributed by atoms with Crippen LogP contribution in [-0.4, -0.2) is 18.0 Å². The Labute approximate surface area is 73.7 Å². The standard InChI is InChI=1S/C9H18N2O/c1-9(2,5-6-10)11-8(12)7-3-4-7/h7H,3-6,10H2,1-2H3,(H,11,12). The van der Waals surface area contributed by atoms with E-state index in [1.807, 2.05) is 13.8 Å². The first-order valence-corrected chi connectivity index (χ1v) is 4.57. The van der Waals surface area contributed by atoms with Crippen molar-refractivity contribution < 1.29 is 4.79 Å². The van der Waals surface area contributed by atoms with Crippen molar-refractivity contribution in [1.29, 1.82) is 0 Å². The van der Waals surface area contributed by atoms with E-state index in [0.29, 0.717) is 12.5 Å². The Bertz CT molecular complexity index is 173. The van der Waals surface area contributed by atoms with Gasteiger partial charge in [-0.2, -0.15) is 0 Å². The van der Waals surface area contributed by atoms with Crippen LogP contribution in [0.4, 0.5) is 0 Å². The van der Waals surface area contributed by atoms with Crippen molar-refractivity contribution in [3.63, 3.8) is 0 Å². The molecule has 0 heterocycles. The number of hydrogen-bond donors (Lipinski definition) is 2. The third kappa shape index (κ3) is 2.81. The van der Waals surface area contributed by atoms with Gasteiger partial charge in [-0.1, -0.05) is 0 Å². The number of carbonyl (C=O) groups is 1. The maximum atomic E-state index is 11.3. The lowest BCUT2D eigenvalue weighted by Crippen LogP contribution is -2.45. The van der Waals surface area contributed by atoms with Gasteiger partial charge in [-0.3, -0.25) is 4.79 Å². The maximum absolute atomic E-state index is 11.3. The molecule has 1 saturated carbocycles. The number of rotatable bonds is 4. The molecule has 70 valence electrons. The van der Waals surface area contributed by atoms with Crippen molar-refractivity contribution >= 4 is 5.91 Å². The minimum atomic E-state index is -0.131. The highest BCUT2D eigenvalue weighted by atomic mass is 16.2. The molecule has 3 N–H and O–H groups in total. The second-order valence-corrected chi connectivity index (χ2v) is 4.19. The molecule has 3 nitrogen and oxygen atoms in total. The van der Waals surface area contributed by atoms with Gasteiger partial charge in [-0.05, 0) is 39.7 Å². The lowest BCUT2D eigenvalue weighted by molar-refractivity contribution is -0.123. The molecule has 0 atom stereocenters. The van der Waals surface area contributed by atoms with Gasteiger partial charge in [0.25, 0.3) is 0 Å². The summed E-state index contributed by atoms with van der Waals surface area (Å²) in [4.78, 5) is 11.3. The van der Waals surface area contributed by atoms with Crippen LogP contribution in [-0.2, 0) is 4.79 Å². The maximum Gasteiger partial charge on any atom is 0.223 e. The Kier molecular flexibility index (Phi) is 2.73. The molecule has 1 aliphatic rings. The van der Waals surface area contributed by atoms with Gasteiger partial charge < -0.3 is 11.1 Å². The summed E-state index contributed by atoms with van der Waals surface area (Å²) >= 11 is 0. The lowest BCUT2D eigenvalue weighted by Gasteiger charge is -2.25. The molecule has 12 heavy (non-hydrogen) atoms. The highest BCUT2D eigenvalue weighted by molar-refractivity contribution is 5.81. The fourth-order valence-corrected chi connectivity index (χ4v) is 1.20. The third-order valence-corrected chi connectivity index (χ3v) is 2.18. The smallest absolute Gasteiger partial charge is 0.223 e. The second-order valence-electron chi connectivity index (χ2n) is 4.19. The first-order valence-electron chi connectivity index (χ1n) is 4.57. The number of hydrogen-bond acceptors (Lipinski definition) is 2. The average Bonchev–Trinajstić information content (AvgIpc) is 2.65. The zero-order valence-corrected chi connectivity index (χ0v) is 7.89. The van der Waals surface area contributed by atoms with Crippen LogP contribution in [0, 0.1) is 5.92 Å². The monoisotopic (exact) mass is 170 g/mol. The van der Waals surface area contributed by atoms with Crippen LogP contribution in [0.2, 0.25) is 0 Å². The van der Waals surface area contributed by atoms with Crippen molar-refractivity contribution in [3.8, 4) is 0 Å². The van der Waals surface area contributed by atoms with E-state index in [-0.39, 0.29) is 11.4 Å². The number of amides is 1. The quantitative estimate of drug-likeness (QED) is 0.650. The molecule has 1 amide bonds. The molecule has 0 saturated heterocycles. The number of carbonyl (C=O) groups excluding carboxylic acids is 1. The predicted octanol–water partition coefficient (Wildman–Crippen LogP) is 0.640. The van der Waals surface area contributed by atoms with E-state index in [0.717, 1.165) is 19.3 Å². The van der Waals surface area contributed by atoms with E-state index in [1.54, 1.807) is 0 Å². The zero-order valence-electron chi connectivity index (χ0n) is 7.89. The topological polar surface area (TPSA) is 55.1 Å². The van der Waals surface area contributed by atoms with Crippen LogP contribution in [0.5, 0.6) is 0 Å². The SMILES string of the molecule is CC(C)(CCN)NC(=O)C1CC1. The van der Waals surface area contributed by atoms with Crippen LogP contribution < -0.4 is 11.1 Å². The Hall–Kier alpha value is -0.570. The highest BCUT2D eigenvalue weighted by Crippen LogP contribution is 2.29. The summed E-state index contributed by atoms with van der Waals surface area (Å²) in [6.07, 6.45) is 2.96. The summed E-state index contributed by atoms with van der Waals surface area (Å²) in [6.45, 7) is 4.65. The molecule has 0 bridgehead atoms. The van der Waals surface area contributed by atoms with Crippen LogP contribution in [0.25, 0.3) is 0 Å². The molecule has 3 heteroatoms. The summed E-state index contributed by atoms with van der Waals surface area (Å²) in [5.41, 5.74) is 5.30. The fraction of sp³-hybridized carbons (Fsp3) is 0.889. The van der Waals surface area contributed by atoms with Gasteiger partial charge >= 0.3 is 0 Å². The number of nitrogens with two attached hydrogens (primary N) is 1. The van der Waals surface area contributed by atoms with E-state index < -0.39 is 0 Å². The zero-order chi connectivity index (χ0) is 9.19. The van der Waals surface area contributed by atoms with Crippen LogP contribution in [0.1, 0.15) is 33.1 Å². The highest BCUT2D eigenvalue weighted by Gasteiger charge is 2.32. The molecule has 0 unspecified atom stereocenters. The summed E-state index contributed by atoms with van der Waals surface area (Å²) in [5, 5.41) is 3.00. The fourth-order valence-electron chi connectivity index (χ4n) is 1.20. The first kappa shape index (κ1) is 9.52. The molecule has 0 aromatic heterocycles. The second kappa shape index (κ2) is 3.44. The minimum Gasteiger partial charge on any atom is -0.351 e. The summed E-state index contributed by atoms with van der Waals surface area (Å²) < 4.78 is 0. The van der Waals surface area contributed by atoms with Crippen LogP contribution in [0.3, 0.4) is 0 Å². The van der Waals surface area contributed by atoms with E-state index in [2.05, 4.69) is 5.32 Å². The Balaban J connectivity index is 2.31. The Morgan fingerprint density at radius 3 is 2.58 bits per heavy atom. The van der Waals surface area contributed by atoms with Gasteiger partial charge in [0.1, 0.15) is 0 Å². The van der Waals surface area contributed by atoms with E-state index in [4.69, 9.17) is 5.73 Å². The Morgan fingerprint density at radius 1 is 1.58 bits per heavy atom. The molecule has 0 aromatic rings. The Morgan fingerprint density at radius 2 is 2.17 bits per heavy atom. The van der Waals surface area contributed by atoms with Crippen molar-refractivity contribution in [2.45, 2.75) is 38.6 Å². The van der Waals surface area contributed by atoms with Crippen LogP contribution >= 0.6 is 0 Å². The van der Waals surface area contributed by atoms with Gasteiger partial charge in [0, 0.05) is 11.5 Å². The molecular formula is C9H18N2O. The van der Waals surface area contributed by atoms with Crippen molar-refractivity contribution in [2.24, 2.45) is 11.7 Å². The molecule has 0 radical (unpaired) electrons. The minimum absolute atomic E-state index is 0.131. The van der Waals surface area contributed by atoms with Gasteiger partial charge in [-0.15, -0.1) is 0 Å². The summed E-state index contributed by atoms with van der Waals surface area (Å²) in [7, 11) is 0. The molecule has 0 aromatic carbocycles. The largest absolute Gasteiger partial charge is 0.351 e.